The number of guanidine groups is 1. The average Bonchev–Trinajstić information content (AvgIpc) is 3.04. The number of nitrogens with zero attached hydrogens (tertiary/aromatic N) is 5. The molecule has 0 aromatic carbocycles. The Morgan fingerprint density at radius 2 is 2.22 bits per heavy atom. The first kappa shape index (κ1) is 17.4. The fraction of sp³-hybridized carbons (Fsp3) is 0.500. The Hall–Kier alpha value is -1.95. The van der Waals surface area contributed by atoms with Crippen LogP contribution < -0.4 is 5.32 Å². The lowest BCUT2D eigenvalue weighted by atomic mass is 10.4. The lowest BCUT2D eigenvalue weighted by Gasteiger charge is -2.22. The third-order valence-corrected chi connectivity index (χ3v) is 3.86. The van der Waals surface area contributed by atoms with Crippen LogP contribution in [0.2, 0.25) is 5.02 Å². The maximum Gasteiger partial charge on any atom is 0.193 e. The van der Waals surface area contributed by atoms with Gasteiger partial charge in [0, 0.05) is 52.3 Å². The zero-order valence-corrected chi connectivity index (χ0v) is 15.0. The number of aliphatic imine (C=N–C) groups is 1. The molecule has 0 spiro atoms. The standard InChI is InChI=1S/C16H25ClN6/c1-13-9-20-23(10-13)7-5-6-19-16(18-2)22(4)12-15-8-14(17)11-21(15)3/h8-11H,5-7,12H2,1-4H3,(H,18,19). The number of aryl methyl sites for hydroxylation is 3. The second-order valence-electron chi connectivity index (χ2n) is 5.72. The summed E-state index contributed by atoms with van der Waals surface area (Å²) in [6.45, 7) is 4.55. The van der Waals surface area contributed by atoms with E-state index in [2.05, 4.69) is 26.5 Å². The average molecular weight is 337 g/mol. The van der Waals surface area contributed by atoms with Crippen LogP contribution in [-0.2, 0) is 20.1 Å². The molecule has 23 heavy (non-hydrogen) atoms. The molecular formula is C16H25ClN6. The molecule has 0 saturated carbocycles. The Bertz CT molecular complexity index is 657. The van der Waals surface area contributed by atoms with Crippen LogP contribution in [0.4, 0.5) is 0 Å². The second kappa shape index (κ2) is 8.06. The molecule has 2 heterocycles. The molecule has 6 nitrogen and oxygen atoms in total. The molecular weight excluding hydrogens is 312 g/mol. The van der Waals surface area contributed by atoms with Gasteiger partial charge in [-0.1, -0.05) is 11.6 Å². The highest BCUT2D eigenvalue weighted by Crippen LogP contribution is 2.14. The van der Waals surface area contributed by atoms with Crippen molar-refractivity contribution in [3.63, 3.8) is 0 Å². The van der Waals surface area contributed by atoms with Crippen molar-refractivity contribution in [3.05, 3.63) is 40.9 Å². The number of hydrogen-bond acceptors (Lipinski definition) is 2. The number of aromatic nitrogens is 3. The molecule has 2 aromatic heterocycles. The van der Waals surface area contributed by atoms with E-state index in [0.29, 0.717) is 0 Å². The van der Waals surface area contributed by atoms with Gasteiger partial charge < -0.3 is 14.8 Å². The van der Waals surface area contributed by atoms with Gasteiger partial charge in [0.25, 0.3) is 0 Å². The Morgan fingerprint density at radius 1 is 1.43 bits per heavy atom. The van der Waals surface area contributed by atoms with Gasteiger partial charge in [0.2, 0.25) is 0 Å². The van der Waals surface area contributed by atoms with Crippen molar-refractivity contribution >= 4 is 17.6 Å². The summed E-state index contributed by atoms with van der Waals surface area (Å²) >= 11 is 6.03. The smallest absolute Gasteiger partial charge is 0.193 e. The molecule has 126 valence electrons. The molecule has 2 rings (SSSR count). The third kappa shape index (κ3) is 5.03. The van der Waals surface area contributed by atoms with Crippen molar-refractivity contribution < 1.29 is 0 Å². The van der Waals surface area contributed by atoms with E-state index < -0.39 is 0 Å². The summed E-state index contributed by atoms with van der Waals surface area (Å²) in [6, 6.07) is 1.98. The minimum Gasteiger partial charge on any atom is -0.356 e. The fourth-order valence-corrected chi connectivity index (χ4v) is 2.73. The molecule has 0 aliphatic heterocycles. The highest BCUT2D eigenvalue weighted by atomic mass is 35.5. The molecule has 0 aliphatic carbocycles. The van der Waals surface area contributed by atoms with Crippen LogP contribution in [0.15, 0.2) is 29.6 Å². The van der Waals surface area contributed by atoms with Crippen LogP contribution in [0.3, 0.4) is 0 Å². The van der Waals surface area contributed by atoms with Crippen molar-refractivity contribution in [2.75, 3.05) is 20.6 Å². The molecule has 7 heteroatoms. The predicted octanol–water partition coefficient (Wildman–Crippen LogP) is 2.28. The van der Waals surface area contributed by atoms with E-state index in [1.54, 1.807) is 7.05 Å². The third-order valence-electron chi connectivity index (χ3n) is 3.66. The van der Waals surface area contributed by atoms with Crippen LogP contribution >= 0.6 is 11.6 Å². The van der Waals surface area contributed by atoms with E-state index in [0.717, 1.165) is 42.7 Å². The second-order valence-corrected chi connectivity index (χ2v) is 6.16. The Morgan fingerprint density at radius 3 is 2.78 bits per heavy atom. The maximum atomic E-state index is 6.03. The summed E-state index contributed by atoms with van der Waals surface area (Å²) < 4.78 is 4.00. The van der Waals surface area contributed by atoms with Crippen molar-refractivity contribution in [1.82, 2.24) is 24.6 Å². The lowest BCUT2D eigenvalue weighted by Crippen LogP contribution is -2.39. The first-order valence-corrected chi connectivity index (χ1v) is 8.09. The highest BCUT2D eigenvalue weighted by Gasteiger charge is 2.09. The quantitative estimate of drug-likeness (QED) is 0.500. The van der Waals surface area contributed by atoms with Gasteiger partial charge in [-0.15, -0.1) is 0 Å². The first-order valence-electron chi connectivity index (χ1n) is 7.71. The SMILES string of the molecule is CN=C(NCCCn1cc(C)cn1)N(C)Cc1cc(Cl)cn1C. The zero-order chi connectivity index (χ0) is 16.8. The molecule has 0 aliphatic rings. The molecule has 2 aromatic rings. The first-order chi connectivity index (χ1) is 11.0. The van der Waals surface area contributed by atoms with Gasteiger partial charge in [0.1, 0.15) is 0 Å². The van der Waals surface area contributed by atoms with Gasteiger partial charge in [-0.25, -0.2) is 0 Å². The highest BCUT2D eigenvalue weighted by molar-refractivity contribution is 6.30. The van der Waals surface area contributed by atoms with E-state index in [4.69, 9.17) is 11.6 Å². The molecule has 0 bridgehead atoms. The molecule has 0 fully saturated rings. The van der Waals surface area contributed by atoms with Crippen molar-refractivity contribution in [2.24, 2.45) is 12.0 Å². The summed E-state index contributed by atoms with van der Waals surface area (Å²) in [5, 5.41) is 8.43. The summed E-state index contributed by atoms with van der Waals surface area (Å²) in [7, 11) is 5.82. The normalized spacial score (nSPS) is 11.8. The Kier molecular flexibility index (Phi) is 6.10. The molecule has 1 N–H and O–H groups in total. The van der Waals surface area contributed by atoms with Crippen LogP contribution in [0.1, 0.15) is 17.7 Å². The van der Waals surface area contributed by atoms with E-state index in [1.165, 1.54) is 5.56 Å². The molecule has 0 amide bonds. The van der Waals surface area contributed by atoms with E-state index >= 15 is 0 Å². The van der Waals surface area contributed by atoms with Gasteiger partial charge in [0.15, 0.2) is 5.96 Å². The lowest BCUT2D eigenvalue weighted by molar-refractivity contribution is 0.457. The minimum absolute atomic E-state index is 0.751. The van der Waals surface area contributed by atoms with Crippen LogP contribution in [0, 0.1) is 6.92 Å². The number of rotatable bonds is 6. The van der Waals surface area contributed by atoms with Gasteiger partial charge in [-0.2, -0.15) is 5.10 Å². The summed E-state index contributed by atoms with van der Waals surface area (Å²) in [5.74, 6) is 0.874. The minimum atomic E-state index is 0.751. The molecule has 0 saturated heterocycles. The van der Waals surface area contributed by atoms with Crippen molar-refractivity contribution in [3.8, 4) is 0 Å². The van der Waals surface area contributed by atoms with E-state index in [9.17, 15) is 0 Å². The summed E-state index contributed by atoms with van der Waals surface area (Å²) in [5.41, 5.74) is 2.34. The largest absolute Gasteiger partial charge is 0.356 e. The monoisotopic (exact) mass is 336 g/mol. The van der Waals surface area contributed by atoms with E-state index in [1.807, 2.05) is 48.7 Å². The summed E-state index contributed by atoms with van der Waals surface area (Å²) in [6.07, 6.45) is 6.84. The van der Waals surface area contributed by atoms with Gasteiger partial charge in [-0.3, -0.25) is 9.67 Å². The van der Waals surface area contributed by atoms with Crippen LogP contribution in [-0.4, -0.2) is 45.8 Å². The number of nitrogens with one attached hydrogen (secondary N) is 1. The van der Waals surface area contributed by atoms with Crippen LogP contribution in [0.5, 0.6) is 0 Å². The Balaban J connectivity index is 1.79. The van der Waals surface area contributed by atoms with Crippen molar-refractivity contribution in [2.45, 2.75) is 26.4 Å². The predicted molar refractivity (Wildman–Crippen MR) is 94.8 cm³/mol. The van der Waals surface area contributed by atoms with E-state index in [-0.39, 0.29) is 0 Å². The molecule has 0 unspecified atom stereocenters. The molecule has 0 radical (unpaired) electrons. The topological polar surface area (TPSA) is 50.4 Å². The Labute approximate surface area is 142 Å². The molecule has 0 atom stereocenters. The number of halogens is 1. The van der Waals surface area contributed by atoms with Crippen LogP contribution in [0.25, 0.3) is 0 Å². The van der Waals surface area contributed by atoms with Gasteiger partial charge in [0.05, 0.1) is 17.8 Å². The van der Waals surface area contributed by atoms with Gasteiger partial charge in [-0.05, 0) is 25.0 Å². The zero-order valence-electron chi connectivity index (χ0n) is 14.3. The summed E-state index contributed by atoms with van der Waals surface area (Å²) in [4.78, 5) is 6.42. The number of hydrogen-bond donors (Lipinski definition) is 1. The maximum absolute atomic E-state index is 6.03. The van der Waals surface area contributed by atoms with Gasteiger partial charge >= 0.3 is 0 Å². The van der Waals surface area contributed by atoms with Crippen molar-refractivity contribution in [1.29, 1.82) is 0 Å². The fourth-order valence-electron chi connectivity index (χ4n) is 2.46.